The van der Waals surface area contributed by atoms with Gasteiger partial charge in [0.25, 0.3) is 0 Å². The van der Waals surface area contributed by atoms with Crippen molar-refractivity contribution in [2.75, 3.05) is 31.2 Å². The number of carboxylic acid groups (broad SMARTS) is 1. The molecule has 3 heterocycles. The van der Waals surface area contributed by atoms with Crippen LogP contribution in [0.2, 0.25) is 0 Å². The van der Waals surface area contributed by atoms with Crippen molar-refractivity contribution in [3.8, 4) is 17.1 Å². The predicted molar refractivity (Wildman–Crippen MR) is 94.5 cm³/mol. The molecule has 0 spiro atoms. The van der Waals surface area contributed by atoms with Crippen LogP contribution in [0.1, 0.15) is 0 Å². The van der Waals surface area contributed by atoms with Crippen LogP contribution in [0, 0.1) is 0 Å². The summed E-state index contributed by atoms with van der Waals surface area (Å²) >= 11 is 1.61. The largest absolute Gasteiger partial charge is 0.511 e. The molecule has 1 aromatic carbocycles. The number of aromatic nitrogens is 2. The molecule has 0 unspecified atom stereocenters. The van der Waals surface area contributed by atoms with Gasteiger partial charge in [0, 0.05) is 18.7 Å². The van der Waals surface area contributed by atoms with E-state index >= 15 is 0 Å². The summed E-state index contributed by atoms with van der Waals surface area (Å²) in [6, 6.07) is 8.75. The number of thiophene rings is 1. The summed E-state index contributed by atoms with van der Waals surface area (Å²) in [5.74, 6) is 1.68. The Labute approximate surface area is 147 Å². The van der Waals surface area contributed by atoms with E-state index in [-0.39, 0.29) is 5.75 Å². The predicted octanol–water partition coefficient (Wildman–Crippen LogP) is 3.25. The van der Waals surface area contributed by atoms with Gasteiger partial charge in [-0.3, -0.25) is 0 Å². The third kappa shape index (κ3) is 3.26. The molecule has 8 heteroatoms. The highest BCUT2D eigenvalue weighted by atomic mass is 32.1. The highest BCUT2D eigenvalue weighted by Crippen LogP contribution is 2.32. The Hall–Kier alpha value is -2.71. The Morgan fingerprint density at radius 1 is 1.24 bits per heavy atom. The van der Waals surface area contributed by atoms with Crippen molar-refractivity contribution in [1.82, 2.24) is 9.97 Å². The van der Waals surface area contributed by atoms with Gasteiger partial charge in [0.1, 0.15) is 5.75 Å². The molecule has 7 nitrogen and oxygen atoms in total. The normalized spacial score (nSPS) is 14.6. The number of rotatable bonds is 3. The Bertz CT molecular complexity index is 921. The fraction of sp³-hybridized carbons (Fsp3) is 0.235. The van der Waals surface area contributed by atoms with Gasteiger partial charge in [-0.1, -0.05) is 12.1 Å². The van der Waals surface area contributed by atoms with Crippen molar-refractivity contribution in [1.29, 1.82) is 0 Å². The highest BCUT2D eigenvalue weighted by molar-refractivity contribution is 7.17. The minimum Gasteiger partial charge on any atom is -0.449 e. The van der Waals surface area contributed by atoms with E-state index in [0.29, 0.717) is 24.6 Å². The van der Waals surface area contributed by atoms with Crippen molar-refractivity contribution in [3.05, 3.63) is 35.7 Å². The Morgan fingerprint density at radius 3 is 2.88 bits per heavy atom. The summed E-state index contributed by atoms with van der Waals surface area (Å²) in [5, 5.41) is 10.8. The van der Waals surface area contributed by atoms with Gasteiger partial charge in [-0.05, 0) is 23.6 Å². The van der Waals surface area contributed by atoms with Gasteiger partial charge in [0.05, 0.1) is 23.4 Å². The average Bonchev–Trinajstić information content (AvgIpc) is 3.10. The molecular formula is C17H15N3O4S. The molecule has 1 saturated heterocycles. The van der Waals surface area contributed by atoms with Crippen LogP contribution >= 0.6 is 11.3 Å². The highest BCUT2D eigenvalue weighted by Gasteiger charge is 2.19. The molecule has 2 aromatic heterocycles. The van der Waals surface area contributed by atoms with E-state index in [9.17, 15) is 4.79 Å². The molecule has 0 aliphatic carbocycles. The van der Waals surface area contributed by atoms with Crippen LogP contribution in [0.3, 0.4) is 0 Å². The van der Waals surface area contributed by atoms with Crippen LogP contribution in [0.15, 0.2) is 35.7 Å². The lowest BCUT2D eigenvalue weighted by atomic mass is 10.2. The maximum absolute atomic E-state index is 10.7. The molecule has 0 saturated carbocycles. The molecule has 1 aliphatic heterocycles. The second kappa shape index (κ2) is 6.66. The van der Waals surface area contributed by atoms with Gasteiger partial charge >= 0.3 is 6.16 Å². The van der Waals surface area contributed by atoms with Crippen molar-refractivity contribution >= 4 is 33.5 Å². The number of benzene rings is 1. The first-order chi connectivity index (χ1) is 12.2. The Morgan fingerprint density at radius 2 is 2.08 bits per heavy atom. The number of fused-ring (bicyclic) bond motifs is 1. The molecule has 1 fully saturated rings. The van der Waals surface area contributed by atoms with Crippen molar-refractivity contribution in [2.24, 2.45) is 0 Å². The molecule has 3 aromatic rings. The van der Waals surface area contributed by atoms with Crippen LogP contribution in [0.5, 0.6) is 5.75 Å². The van der Waals surface area contributed by atoms with Crippen LogP contribution in [0.4, 0.5) is 10.6 Å². The van der Waals surface area contributed by atoms with Gasteiger partial charge in [-0.2, -0.15) is 0 Å². The lowest BCUT2D eigenvalue weighted by Crippen LogP contribution is -2.36. The van der Waals surface area contributed by atoms with Gasteiger partial charge in [-0.15, -0.1) is 11.3 Å². The van der Waals surface area contributed by atoms with Crippen LogP contribution in [0.25, 0.3) is 21.6 Å². The van der Waals surface area contributed by atoms with E-state index in [2.05, 4.69) is 9.88 Å². The van der Waals surface area contributed by atoms with Crippen LogP contribution in [-0.2, 0) is 4.74 Å². The average molecular weight is 357 g/mol. The van der Waals surface area contributed by atoms with Crippen molar-refractivity contribution in [3.63, 3.8) is 0 Å². The lowest BCUT2D eigenvalue weighted by Gasteiger charge is -2.28. The molecule has 1 N–H and O–H groups in total. The Balaban J connectivity index is 1.78. The van der Waals surface area contributed by atoms with E-state index in [1.54, 1.807) is 29.5 Å². The van der Waals surface area contributed by atoms with Gasteiger partial charge in [-0.25, -0.2) is 14.8 Å². The molecule has 128 valence electrons. The number of ether oxygens (including phenoxy) is 2. The number of carbonyl (C=O) groups is 1. The molecule has 0 amide bonds. The third-order valence-corrected chi connectivity index (χ3v) is 4.79. The standard InChI is InChI=1S/C17H15N3O4S/c21-17(22)24-12-3-1-2-11(10-12)15-18-13-4-9-25-14(13)16(19-15)20-5-7-23-8-6-20/h1-4,9-10H,5-8H2,(H,21,22). The maximum Gasteiger partial charge on any atom is 0.511 e. The SMILES string of the molecule is O=C(O)Oc1cccc(-c2nc(N3CCOCC3)c3sccc3n2)c1. The van der Waals surface area contributed by atoms with Crippen molar-refractivity contribution in [2.45, 2.75) is 0 Å². The lowest BCUT2D eigenvalue weighted by molar-refractivity contribution is 0.122. The van der Waals surface area contributed by atoms with Gasteiger partial charge in [0.15, 0.2) is 11.6 Å². The summed E-state index contributed by atoms with van der Waals surface area (Å²) in [5.41, 5.74) is 1.59. The first-order valence-electron chi connectivity index (χ1n) is 7.80. The molecule has 1 aliphatic rings. The molecule has 25 heavy (non-hydrogen) atoms. The monoisotopic (exact) mass is 357 g/mol. The molecule has 0 radical (unpaired) electrons. The van der Waals surface area contributed by atoms with E-state index in [0.717, 1.165) is 29.1 Å². The fourth-order valence-corrected chi connectivity index (χ4v) is 3.61. The number of morpholine rings is 1. The first kappa shape index (κ1) is 15.8. The Kier molecular flexibility index (Phi) is 4.21. The van der Waals surface area contributed by atoms with Gasteiger partial charge in [0.2, 0.25) is 0 Å². The van der Waals surface area contributed by atoms with Crippen LogP contribution in [-0.4, -0.2) is 47.5 Å². The van der Waals surface area contributed by atoms with Crippen LogP contribution < -0.4 is 9.64 Å². The second-order valence-electron chi connectivity index (χ2n) is 5.50. The summed E-state index contributed by atoms with van der Waals surface area (Å²) < 4.78 is 11.2. The minimum atomic E-state index is -1.35. The summed E-state index contributed by atoms with van der Waals surface area (Å²) in [7, 11) is 0. The first-order valence-corrected chi connectivity index (χ1v) is 8.68. The zero-order chi connectivity index (χ0) is 17.2. The molecule has 0 atom stereocenters. The zero-order valence-corrected chi connectivity index (χ0v) is 14.0. The molecule has 4 rings (SSSR count). The molecule has 0 bridgehead atoms. The summed E-state index contributed by atoms with van der Waals surface area (Å²) in [6.45, 7) is 2.92. The smallest absolute Gasteiger partial charge is 0.449 e. The third-order valence-electron chi connectivity index (χ3n) is 3.89. The van der Waals surface area contributed by atoms with E-state index < -0.39 is 6.16 Å². The van der Waals surface area contributed by atoms with E-state index in [4.69, 9.17) is 19.6 Å². The number of hydrogen-bond donors (Lipinski definition) is 1. The van der Waals surface area contributed by atoms with Gasteiger partial charge < -0.3 is 19.5 Å². The second-order valence-corrected chi connectivity index (χ2v) is 6.42. The van der Waals surface area contributed by atoms with Crippen molar-refractivity contribution < 1.29 is 19.4 Å². The minimum absolute atomic E-state index is 0.243. The summed E-state index contributed by atoms with van der Waals surface area (Å²) in [6.07, 6.45) is -1.35. The summed E-state index contributed by atoms with van der Waals surface area (Å²) in [4.78, 5) is 22.3. The molecular weight excluding hydrogens is 342 g/mol. The number of hydrogen-bond acceptors (Lipinski definition) is 7. The van der Waals surface area contributed by atoms with E-state index in [1.807, 2.05) is 17.5 Å². The fourth-order valence-electron chi connectivity index (χ4n) is 2.77. The maximum atomic E-state index is 10.7. The quantitative estimate of drug-likeness (QED) is 0.569. The topological polar surface area (TPSA) is 84.8 Å². The zero-order valence-electron chi connectivity index (χ0n) is 13.2. The number of anilines is 1. The van der Waals surface area contributed by atoms with E-state index in [1.165, 1.54) is 0 Å². The number of nitrogens with zero attached hydrogens (tertiary/aromatic N) is 3.